The molecular formula is C20H22ClN3O4S. The van der Waals surface area contributed by atoms with Gasteiger partial charge in [0, 0.05) is 28.1 Å². The predicted octanol–water partition coefficient (Wildman–Crippen LogP) is 3.02. The maximum absolute atomic E-state index is 12.6. The van der Waals surface area contributed by atoms with Crippen LogP contribution in [0.15, 0.2) is 51.5 Å². The van der Waals surface area contributed by atoms with Crippen molar-refractivity contribution in [2.24, 2.45) is 5.14 Å². The van der Waals surface area contributed by atoms with Crippen molar-refractivity contribution in [1.29, 1.82) is 0 Å². The number of primary sulfonamides is 1. The number of nitrogens with zero attached hydrogens (tertiary/aromatic N) is 1. The van der Waals surface area contributed by atoms with Gasteiger partial charge in [0.25, 0.3) is 0 Å². The predicted molar refractivity (Wildman–Crippen MR) is 111 cm³/mol. The molecule has 0 aliphatic heterocycles. The lowest BCUT2D eigenvalue weighted by Crippen LogP contribution is -2.34. The van der Waals surface area contributed by atoms with Crippen LogP contribution in [0.3, 0.4) is 0 Å². The van der Waals surface area contributed by atoms with Gasteiger partial charge in [-0.1, -0.05) is 48.0 Å². The number of benzene rings is 1. The molecule has 29 heavy (non-hydrogen) atoms. The van der Waals surface area contributed by atoms with Crippen molar-refractivity contribution in [2.75, 3.05) is 0 Å². The first-order valence-electron chi connectivity index (χ1n) is 8.92. The van der Waals surface area contributed by atoms with Crippen LogP contribution >= 0.6 is 11.6 Å². The summed E-state index contributed by atoms with van der Waals surface area (Å²) in [6.07, 6.45) is 3.38. The molecule has 1 amide bonds. The zero-order chi connectivity index (χ0) is 21.4. The number of sulfonamides is 1. The van der Waals surface area contributed by atoms with Crippen LogP contribution in [0.25, 0.3) is 0 Å². The molecule has 1 unspecified atom stereocenters. The lowest BCUT2D eigenvalue weighted by molar-refractivity contribution is -0.119. The van der Waals surface area contributed by atoms with Gasteiger partial charge in [0.2, 0.25) is 15.9 Å². The van der Waals surface area contributed by atoms with Crippen LogP contribution in [0.1, 0.15) is 35.9 Å². The van der Waals surface area contributed by atoms with E-state index in [-0.39, 0.29) is 17.2 Å². The van der Waals surface area contributed by atoms with E-state index in [1.807, 2.05) is 6.92 Å². The Hall–Kier alpha value is -2.42. The van der Waals surface area contributed by atoms with Crippen LogP contribution in [-0.2, 0) is 26.7 Å². The number of hydrogen-bond acceptors (Lipinski definition) is 5. The molecule has 1 aromatic carbocycles. The Morgan fingerprint density at radius 2 is 2.03 bits per heavy atom. The Morgan fingerprint density at radius 3 is 2.62 bits per heavy atom. The summed E-state index contributed by atoms with van der Waals surface area (Å²) in [7, 11) is -3.99. The highest BCUT2D eigenvalue weighted by atomic mass is 35.5. The van der Waals surface area contributed by atoms with Crippen LogP contribution in [0.4, 0.5) is 0 Å². The molecule has 154 valence electrons. The van der Waals surface area contributed by atoms with Crippen molar-refractivity contribution < 1.29 is 17.7 Å². The molecule has 2 aromatic rings. The highest BCUT2D eigenvalue weighted by Crippen LogP contribution is 2.40. The van der Waals surface area contributed by atoms with Gasteiger partial charge in [-0.05, 0) is 31.6 Å². The molecule has 7 nitrogen and oxygen atoms in total. The second-order valence-electron chi connectivity index (χ2n) is 7.37. The van der Waals surface area contributed by atoms with E-state index in [9.17, 15) is 13.2 Å². The third-order valence-electron chi connectivity index (χ3n) is 4.88. The maximum Gasteiger partial charge on any atom is 0.237 e. The fourth-order valence-electron chi connectivity index (χ4n) is 3.77. The standard InChI is InChI=1S/C20H22ClN3O4S/c1-12-19(13(2)28-24-12)20(3)10-15(9-16(11-20)29(22,26)27)23-18(25)8-14-6-4-5-7-17(14)21/h4-7,9,11H,8,10H2,1-3H3,(H,23,25)(H2,22,26,27). The van der Waals surface area contributed by atoms with Gasteiger partial charge in [0.15, 0.2) is 0 Å². The highest BCUT2D eigenvalue weighted by molar-refractivity contribution is 7.93. The van der Waals surface area contributed by atoms with E-state index in [0.29, 0.717) is 34.2 Å². The molecule has 0 saturated heterocycles. The summed E-state index contributed by atoms with van der Waals surface area (Å²) in [4.78, 5) is 12.5. The van der Waals surface area contributed by atoms with E-state index < -0.39 is 15.4 Å². The zero-order valence-electron chi connectivity index (χ0n) is 16.3. The fourth-order valence-corrected chi connectivity index (χ4v) is 4.70. The number of halogens is 1. The van der Waals surface area contributed by atoms with Gasteiger partial charge in [-0.3, -0.25) is 4.79 Å². The molecule has 0 radical (unpaired) electrons. The first kappa shape index (κ1) is 21.3. The smallest absolute Gasteiger partial charge is 0.237 e. The summed E-state index contributed by atoms with van der Waals surface area (Å²) in [5, 5.41) is 12.7. The number of nitrogens with two attached hydrogens (primary N) is 1. The van der Waals surface area contributed by atoms with Crippen molar-refractivity contribution in [1.82, 2.24) is 10.5 Å². The second kappa shape index (κ2) is 7.78. The van der Waals surface area contributed by atoms with Crippen molar-refractivity contribution in [3.05, 3.63) is 74.6 Å². The molecule has 0 bridgehead atoms. The van der Waals surface area contributed by atoms with E-state index in [1.165, 1.54) is 6.08 Å². The Kier molecular flexibility index (Phi) is 5.71. The number of aryl methyl sites for hydroxylation is 2. The first-order valence-corrected chi connectivity index (χ1v) is 10.8. The highest BCUT2D eigenvalue weighted by Gasteiger charge is 2.36. The largest absolute Gasteiger partial charge is 0.361 e. The molecule has 3 rings (SSSR count). The number of amides is 1. The number of hydrogen-bond donors (Lipinski definition) is 2. The molecule has 0 spiro atoms. The SMILES string of the molecule is Cc1noc(C)c1C1(C)C=C(S(N)(=O)=O)C=C(NC(=O)Cc2ccccc2Cl)C1. The van der Waals surface area contributed by atoms with Gasteiger partial charge in [0.1, 0.15) is 5.76 Å². The Labute approximate surface area is 174 Å². The summed E-state index contributed by atoms with van der Waals surface area (Å²) in [5.74, 6) is 0.278. The monoisotopic (exact) mass is 435 g/mol. The third-order valence-corrected chi connectivity index (χ3v) is 6.14. The molecule has 9 heteroatoms. The maximum atomic E-state index is 12.6. The number of allylic oxidation sites excluding steroid dienone is 3. The average molecular weight is 436 g/mol. The van der Waals surface area contributed by atoms with Gasteiger partial charge in [-0.25, -0.2) is 13.6 Å². The topological polar surface area (TPSA) is 115 Å². The normalized spacial score (nSPS) is 19.5. The molecule has 1 heterocycles. The van der Waals surface area contributed by atoms with Crippen LogP contribution in [-0.4, -0.2) is 19.5 Å². The van der Waals surface area contributed by atoms with Crippen molar-refractivity contribution >= 4 is 27.5 Å². The molecule has 3 N–H and O–H groups in total. The minimum Gasteiger partial charge on any atom is -0.361 e. The van der Waals surface area contributed by atoms with Gasteiger partial charge >= 0.3 is 0 Å². The Balaban J connectivity index is 1.93. The van der Waals surface area contributed by atoms with E-state index in [1.54, 1.807) is 44.2 Å². The minimum atomic E-state index is -3.99. The summed E-state index contributed by atoms with van der Waals surface area (Å²) in [6.45, 7) is 5.41. The average Bonchev–Trinajstić information content (AvgIpc) is 2.95. The van der Waals surface area contributed by atoms with Gasteiger partial charge in [-0.15, -0.1) is 0 Å². The molecule has 1 atom stereocenters. The molecule has 0 saturated carbocycles. The van der Waals surface area contributed by atoms with Crippen LogP contribution in [0, 0.1) is 13.8 Å². The van der Waals surface area contributed by atoms with Gasteiger partial charge < -0.3 is 9.84 Å². The Morgan fingerprint density at radius 1 is 1.34 bits per heavy atom. The number of rotatable bonds is 5. The van der Waals surface area contributed by atoms with Gasteiger partial charge in [0.05, 0.1) is 17.0 Å². The van der Waals surface area contributed by atoms with E-state index in [0.717, 1.165) is 5.56 Å². The fraction of sp³-hybridized carbons (Fsp3) is 0.300. The summed E-state index contributed by atoms with van der Waals surface area (Å²) in [5.41, 5.74) is 1.77. The lowest BCUT2D eigenvalue weighted by atomic mass is 9.75. The summed E-state index contributed by atoms with van der Waals surface area (Å²) in [6, 6.07) is 7.05. The number of aromatic nitrogens is 1. The quantitative estimate of drug-likeness (QED) is 0.748. The van der Waals surface area contributed by atoms with Crippen molar-refractivity contribution in [3.63, 3.8) is 0 Å². The third kappa shape index (κ3) is 4.60. The van der Waals surface area contributed by atoms with E-state index in [4.69, 9.17) is 21.3 Å². The minimum absolute atomic E-state index is 0.0630. The molecule has 1 aliphatic rings. The van der Waals surface area contributed by atoms with Crippen molar-refractivity contribution in [3.8, 4) is 0 Å². The van der Waals surface area contributed by atoms with Crippen LogP contribution < -0.4 is 10.5 Å². The first-order chi connectivity index (χ1) is 13.5. The van der Waals surface area contributed by atoms with E-state index in [2.05, 4.69) is 10.5 Å². The number of nitrogens with one attached hydrogen (secondary N) is 1. The molecule has 1 aliphatic carbocycles. The van der Waals surface area contributed by atoms with Gasteiger partial charge in [-0.2, -0.15) is 0 Å². The zero-order valence-corrected chi connectivity index (χ0v) is 17.9. The second-order valence-corrected chi connectivity index (χ2v) is 9.34. The van der Waals surface area contributed by atoms with Crippen molar-refractivity contribution in [2.45, 2.75) is 39.0 Å². The summed E-state index contributed by atoms with van der Waals surface area (Å²) < 4.78 is 29.4. The molecule has 0 fully saturated rings. The number of carbonyl (C=O) groups excluding carboxylic acids is 1. The van der Waals surface area contributed by atoms with Crippen LogP contribution in [0.2, 0.25) is 5.02 Å². The lowest BCUT2D eigenvalue weighted by Gasteiger charge is -2.31. The molecule has 1 aromatic heterocycles. The van der Waals surface area contributed by atoms with E-state index >= 15 is 0 Å². The molecular weight excluding hydrogens is 414 g/mol. The Bertz CT molecular complexity index is 1110. The number of carbonyl (C=O) groups is 1. The summed E-state index contributed by atoms with van der Waals surface area (Å²) >= 11 is 6.12. The van der Waals surface area contributed by atoms with Crippen LogP contribution in [0.5, 0.6) is 0 Å².